The van der Waals surface area contributed by atoms with Crippen molar-refractivity contribution in [2.45, 2.75) is 18.7 Å². The normalized spacial score (nSPS) is 13.6. The summed E-state index contributed by atoms with van der Waals surface area (Å²) >= 11 is 3.15. The summed E-state index contributed by atoms with van der Waals surface area (Å²) in [4.78, 5) is 0. The number of alkyl halides is 3. The van der Waals surface area contributed by atoms with Crippen molar-refractivity contribution in [3.63, 3.8) is 0 Å². The highest BCUT2D eigenvalue weighted by Crippen LogP contribution is 2.28. The molecule has 0 saturated heterocycles. The van der Waals surface area contributed by atoms with E-state index in [1.165, 1.54) is 13.2 Å². The second kappa shape index (κ2) is 5.05. The van der Waals surface area contributed by atoms with Gasteiger partial charge in [-0.25, -0.2) is 0 Å². The van der Waals surface area contributed by atoms with Crippen molar-refractivity contribution < 1.29 is 23.0 Å². The summed E-state index contributed by atoms with van der Waals surface area (Å²) in [7, 11) is 1.37. The van der Waals surface area contributed by atoms with Gasteiger partial charge in [0.2, 0.25) is 0 Å². The van der Waals surface area contributed by atoms with Crippen LogP contribution < -0.4 is 4.74 Å². The molecular weight excluding hydrogens is 289 g/mol. The second-order valence-corrected chi connectivity index (χ2v) is 4.13. The zero-order chi connectivity index (χ0) is 12.3. The Morgan fingerprint density at radius 1 is 1.44 bits per heavy atom. The lowest BCUT2D eigenvalue weighted by atomic mass is 10.1. The molecule has 16 heavy (non-hydrogen) atoms. The first kappa shape index (κ1) is 13.3. The molecule has 0 amide bonds. The second-order valence-electron chi connectivity index (χ2n) is 3.22. The quantitative estimate of drug-likeness (QED) is 0.930. The highest BCUT2D eigenvalue weighted by atomic mass is 79.9. The largest absolute Gasteiger partial charge is 0.496 e. The maximum atomic E-state index is 12.2. The highest BCUT2D eigenvalue weighted by molar-refractivity contribution is 9.10. The van der Waals surface area contributed by atoms with Crippen molar-refractivity contribution in [1.29, 1.82) is 0 Å². The molecule has 6 heteroatoms. The van der Waals surface area contributed by atoms with Crippen LogP contribution in [0.4, 0.5) is 13.2 Å². The molecular formula is C10H10BrF3O2. The summed E-state index contributed by atoms with van der Waals surface area (Å²) < 4.78 is 42.1. The molecule has 0 spiro atoms. The van der Waals surface area contributed by atoms with E-state index in [4.69, 9.17) is 9.84 Å². The van der Waals surface area contributed by atoms with Crippen LogP contribution in [0.5, 0.6) is 5.75 Å². The third-order valence-corrected chi connectivity index (χ3v) is 2.53. The molecule has 0 aromatic heterocycles. The summed E-state index contributed by atoms with van der Waals surface area (Å²) in [6, 6.07) is 4.69. The van der Waals surface area contributed by atoms with Crippen molar-refractivity contribution in [1.82, 2.24) is 0 Å². The van der Waals surface area contributed by atoms with E-state index in [1.54, 1.807) is 12.1 Å². The number of methoxy groups -OCH3 is 1. The fraction of sp³-hybridized carbons (Fsp3) is 0.400. The lowest BCUT2D eigenvalue weighted by Gasteiger charge is -2.16. The minimum Gasteiger partial charge on any atom is -0.496 e. The van der Waals surface area contributed by atoms with Crippen LogP contribution in [0.1, 0.15) is 5.56 Å². The average molecular weight is 299 g/mol. The van der Waals surface area contributed by atoms with Crippen molar-refractivity contribution in [3.8, 4) is 5.75 Å². The maximum Gasteiger partial charge on any atom is 0.414 e. The molecule has 0 radical (unpaired) electrons. The zero-order valence-electron chi connectivity index (χ0n) is 8.38. The third kappa shape index (κ3) is 3.38. The molecule has 0 aliphatic rings. The van der Waals surface area contributed by atoms with Gasteiger partial charge in [-0.3, -0.25) is 0 Å². The molecule has 1 N–H and O–H groups in total. The van der Waals surface area contributed by atoms with E-state index < -0.39 is 18.7 Å². The summed E-state index contributed by atoms with van der Waals surface area (Å²) in [6.45, 7) is 0. The van der Waals surface area contributed by atoms with Gasteiger partial charge >= 0.3 is 6.18 Å². The predicted molar refractivity (Wildman–Crippen MR) is 56.5 cm³/mol. The van der Waals surface area contributed by atoms with Gasteiger partial charge in [0, 0.05) is 10.9 Å². The number of aliphatic hydroxyl groups is 1. The van der Waals surface area contributed by atoms with Gasteiger partial charge in [-0.15, -0.1) is 0 Å². The first-order valence-corrected chi connectivity index (χ1v) is 5.21. The van der Waals surface area contributed by atoms with Crippen LogP contribution in [0, 0.1) is 0 Å². The predicted octanol–water partition coefficient (Wildman–Crippen LogP) is 2.92. The van der Waals surface area contributed by atoms with Crippen LogP contribution in [-0.2, 0) is 6.42 Å². The fourth-order valence-electron chi connectivity index (χ4n) is 1.23. The van der Waals surface area contributed by atoms with Gasteiger partial charge in [-0.1, -0.05) is 15.9 Å². The molecule has 0 aliphatic heterocycles. The molecule has 1 unspecified atom stereocenters. The molecule has 1 aromatic carbocycles. The van der Waals surface area contributed by atoms with Gasteiger partial charge in [0.25, 0.3) is 0 Å². The van der Waals surface area contributed by atoms with E-state index in [9.17, 15) is 13.2 Å². The number of hydrogen-bond donors (Lipinski definition) is 1. The van der Waals surface area contributed by atoms with Crippen LogP contribution >= 0.6 is 15.9 Å². The Labute approximate surface area is 99.2 Å². The van der Waals surface area contributed by atoms with Crippen LogP contribution in [0.3, 0.4) is 0 Å². The van der Waals surface area contributed by atoms with Crippen molar-refractivity contribution in [2.24, 2.45) is 0 Å². The molecule has 1 atom stereocenters. The van der Waals surface area contributed by atoms with Crippen LogP contribution in [-0.4, -0.2) is 24.5 Å². The van der Waals surface area contributed by atoms with Crippen molar-refractivity contribution in [2.75, 3.05) is 7.11 Å². The number of hydrogen-bond acceptors (Lipinski definition) is 2. The number of ether oxygens (including phenoxy) is 1. The standard InChI is InChI=1S/C10H10BrF3O2/c1-16-8-3-2-7(11)4-6(8)5-9(15)10(12,13)14/h2-4,9,15H,5H2,1H3. The minimum atomic E-state index is -4.62. The van der Waals surface area contributed by atoms with E-state index in [2.05, 4.69) is 15.9 Å². The Morgan fingerprint density at radius 3 is 2.56 bits per heavy atom. The molecule has 0 aliphatic carbocycles. The first-order chi connectivity index (χ1) is 7.34. The number of halogens is 4. The Kier molecular flexibility index (Phi) is 4.21. The smallest absolute Gasteiger partial charge is 0.414 e. The van der Waals surface area contributed by atoms with Gasteiger partial charge in [0.1, 0.15) is 5.75 Å². The van der Waals surface area contributed by atoms with Gasteiger partial charge in [0.15, 0.2) is 6.10 Å². The van der Waals surface area contributed by atoms with Gasteiger partial charge in [0.05, 0.1) is 7.11 Å². The Bertz CT molecular complexity index is 366. The first-order valence-electron chi connectivity index (χ1n) is 4.42. The molecule has 0 bridgehead atoms. The van der Waals surface area contributed by atoms with Gasteiger partial charge in [-0.05, 0) is 23.8 Å². The van der Waals surface area contributed by atoms with Crippen LogP contribution in [0.2, 0.25) is 0 Å². The SMILES string of the molecule is COc1ccc(Br)cc1CC(O)C(F)(F)F. The lowest BCUT2D eigenvalue weighted by Crippen LogP contribution is -2.30. The molecule has 0 fully saturated rings. The molecule has 2 nitrogen and oxygen atoms in total. The average Bonchev–Trinajstić information content (AvgIpc) is 2.16. The van der Waals surface area contributed by atoms with E-state index in [0.717, 1.165) is 0 Å². The number of rotatable bonds is 3. The van der Waals surface area contributed by atoms with Crippen molar-refractivity contribution in [3.05, 3.63) is 28.2 Å². The van der Waals surface area contributed by atoms with Crippen LogP contribution in [0.15, 0.2) is 22.7 Å². The maximum absolute atomic E-state index is 12.2. The highest BCUT2D eigenvalue weighted by Gasteiger charge is 2.38. The third-order valence-electron chi connectivity index (χ3n) is 2.03. The fourth-order valence-corrected chi connectivity index (χ4v) is 1.64. The minimum absolute atomic E-state index is 0.307. The Balaban J connectivity index is 2.91. The topological polar surface area (TPSA) is 29.5 Å². The Morgan fingerprint density at radius 2 is 2.06 bits per heavy atom. The van der Waals surface area contributed by atoms with E-state index in [-0.39, 0.29) is 0 Å². The number of aliphatic hydroxyl groups excluding tert-OH is 1. The zero-order valence-corrected chi connectivity index (χ0v) is 9.97. The monoisotopic (exact) mass is 298 g/mol. The van der Waals surface area contributed by atoms with E-state index in [0.29, 0.717) is 15.8 Å². The Hall–Kier alpha value is -0.750. The van der Waals surface area contributed by atoms with E-state index >= 15 is 0 Å². The van der Waals surface area contributed by atoms with Gasteiger partial charge < -0.3 is 9.84 Å². The number of benzene rings is 1. The van der Waals surface area contributed by atoms with E-state index in [1.807, 2.05) is 0 Å². The summed E-state index contributed by atoms with van der Waals surface area (Å²) in [5, 5.41) is 8.95. The molecule has 1 rings (SSSR count). The van der Waals surface area contributed by atoms with Crippen molar-refractivity contribution >= 4 is 15.9 Å². The summed E-state index contributed by atoms with van der Waals surface area (Å²) in [5.41, 5.74) is 0.307. The summed E-state index contributed by atoms with van der Waals surface area (Å²) in [5.74, 6) is 0.325. The van der Waals surface area contributed by atoms with Crippen LogP contribution in [0.25, 0.3) is 0 Å². The van der Waals surface area contributed by atoms with Gasteiger partial charge in [-0.2, -0.15) is 13.2 Å². The molecule has 1 aromatic rings. The molecule has 90 valence electrons. The lowest BCUT2D eigenvalue weighted by molar-refractivity contribution is -0.203. The molecule has 0 saturated carbocycles. The molecule has 0 heterocycles. The summed E-state index contributed by atoms with van der Waals surface area (Å²) in [6.07, 6.45) is -7.52.